The van der Waals surface area contributed by atoms with Crippen molar-refractivity contribution in [3.05, 3.63) is 29.1 Å². The molecule has 0 unspecified atom stereocenters. The van der Waals surface area contributed by atoms with Gasteiger partial charge in [-0.05, 0) is 24.6 Å². The zero-order valence-corrected chi connectivity index (χ0v) is 5.93. The van der Waals surface area contributed by atoms with Gasteiger partial charge >= 0.3 is 0 Å². The largest absolute Gasteiger partial charge is 0.505 e. The first-order valence-corrected chi connectivity index (χ1v) is 3.04. The number of nitrogens with zero attached hydrogens (tertiary/aromatic N) is 1. The minimum Gasteiger partial charge on any atom is -0.505 e. The van der Waals surface area contributed by atoms with Crippen LogP contribution < -0.4 is 0 Å². The third-order valence-corrected chi connectivity index (χ3v) is 1.41. The van der Waals surface area contributed by atoms with E-state index in [0.717, 1.165) is 6.07 Å². The Balaban J connectivity index is 3.35. The lowest BCUT2D eigenvalue weighted by Gasteiger charge is -1.98. The van der Waals surface area contributed by atoms with E-state index in [1.54, 1.807) is 6.92 Å². The first-order valence-electron chi connectivity index (χ1n) is 3.04. The number of aryl methyl sites for hydroxylation is 1. The van der Waals surface area contributed by atoms with Crippen LogP contribution in [0.15, 0.2) is 12.1 Å². The molecule has 0 amide bonds. The van der Waals surface area contributed by atoms with Crippen molar-refractivity contribution in [3.63, 3.8) is 0 Å². The number of phenolic OH excluding ortho intramolecular Hbond substituents is 1. The predicted octanol–water partition coefficient (Wildman–Crippen LogP) is 1.71. The van der Waals surface area contributed by atoms with Gasteiger partial charge in [-0.3, -0.25) is 0 Å². The Kier molecular flexibility index (Phi) is 1.77. The van der Waals surface area contributed by atoms with Crippen LogP contribution in [0.25, 0.3) is 0 Å². The number of aromatic hydroxyl groups is 1. The summed E-state index contributed by atoms with van der Waals surface area (Å²) in [6.45, 7) is 1.64. The van der Waals surface area contributed by atoms with Gasteiger partial charge in [0.1, 0.15) is 0 Å². The summed E-state index contributed by atoms with van der Waals surface area (Å²) in [7, 11) is 0. The molecule has 0 radical (unpaired) electrons. The van der Waals surface area contributed by atoms with Crippen molar-refractivity contribution in [2.45, 2.75) is 6.92 Å². The number of phenols is 1. The van der Waals surface area contributed by atoms with Gasteiger partial charge in [-0.2, -0.15) is 5.26 Å². The molecule has 0 spiro atoms. The van der Waals surface area contributed by atoms with Crippen LogP contribution in [0.2, 0.25) is 0 Å². The van der Waals surface area contributed by atoms with Crippen molar-refractivity contribution in [2.75, 3.05) is 0 Å². The van der Waals surface area contributed by atoms with Gasteiger partial charge in [-0.1, -0.05) is 0 Å². The summed E-state index contributed by atoms with van der Waals surface area (Å²) in [5.74, 6) is -1.17. The summed E-state index contributed by atoms with van der Waals surface area (Å²) in [6.07, 6.45) is 0. The summed E-state index contributed by atoms with van der Waals surface area (Å²) in [6, 6.07) is 4.06. The highest BCUT2D eigenvalue weighted by Gasteiger charge is 2.04. The van der Waals surface area contributed by atoms with Gasteiger partial charge in [-0.25, -0.2) is 4.39 Å². The van der Waals surface area contributed by atoms with Crippen molar-refractivity contribution in [1.29, 1.82) is 5.26 Å². The minimum absolute atomic E-state index is 0.250. The van der Waals surface area contributed by atoms with E-state index in [4.69, 9.17) is 10.4 Å². The SMILES string of the molecule is Cc1cc(O)c(F)cc1C#N. The van der Waals surface area contributed by atoms with Crippen LogP contribution in [0.1, 0.15) is 11.1 Å². The lowest BCUT2D eigenvalue weighted by atomic mass is 10.1. The lowest BCUT2D eigenvalue weighted by Crippen LogP contribution is -1.84. The first kappa shape index (κ1) is 7.55. The fourth-order valence-corrected chi connectivity index (χ4v) is 0.787. The van der Waals surface area contributed by atoms with E-state index in [9.17, 15) is 4.39 Å². The second-order valence-corrected chi connectivity index (χ2v) is 2.23. The van der Waals surface area contributed by atoms with Crippen molar-refractivity contribution in [1.82, 2.24) is 0 Å². The first-order chi connectivity index (χ1) is 5.15. The predicted molar refractivity (Wildman–Crippen MR) is 37.5 cm³/mol. The summed E-state index contributed by atoms with van der Waals surface area (Å²) in [4.78, 5) is 0. The van der Waals surface area contributed by atoms with Gasteiger partial charge in [0.05, 0.1) is 11.6 Å². The number of rotatable bonds is 0. The molecule has 0 saturated carbocycles. The molecule has 0 aliphatic carbocycles. The summed E-state index contributed by atoms with van der Waals surface area (Å²) in [5, 5.41) is 17.3. The topological polar surface area (TPSA) is 44.0 Å². The molecule has 0 aliphatic heterocycles. The normalized spacial score (nSPS) is 9.18. The Morgan fingerprint density at radius 3 is 2.73 bits per heavy atom. The molecule has 0 fully saturated rings. The molecular formula is C8H6FNO. The maximum atomic E-state index is 12.5. The number of hydrogen-bond donors (Lipinski definition) is 1. The molecule has 3 heteroatoms. The third kappa shape index (κ3) is 1.30. The van der Waals surface area contributed by atoms with E-state index in [1.165, 1.54) is 6.07 Å². The van der Waals surface area contributed by atoms with E-state index < -0.39 is 11.6 Å². The molecule has 1 aromatic carbocycles. The Hall–Kier alpha value is -1.56. The molecule has 0 bridgehead atoms. The molecule has 2 nitrogen and oxygen atoms in total. The number of hydrogen-bond acceptors (Lipinski definition) is 2. The van der Waals surface area contributed by atoms with Crippen LogP contribution in [0.5, 0.6) is 5.75 Å². The van der Waals surface area contributed by atoms with Crippen LogP contribution >= 0.6 is 0 Å². The highest BCUT2D eigenvalue weighted by atomic mass is 19.1. The van der Waals surface area contributed by atoms with E-state index in [0.29, 0.717) is 5.56 Å². The van der Waals surface area contributed by atoms with Gasteiger partial charge in [0.2, 0.25) is 0 Å². The average Bonchev–Trinajstić information content (AvgIpc) is 1.97. The van der Waals surface area contributed by atoms with Crippen LogP contribution in [0.4, 0.5) is 4.39 Å². The zero-order valence-electron chi connectivity index (χ0n) is 5.93. The van der Waals surface area contributed by atoms with Crippen LogP contribution in [0.3, 0.4) is 0 Å². The van der Waals surface area contributed by atoms with E-state index in [1.807, 2.05) is 6.07 Å². The Bertz CT molecular complexity index is 328. The third-order valence-electron chi connectivity index (χ3n) is 1.41. The molecule has 56 valence electrons. The van der Waals surface area contributed by atoms with Crippen LogP contribution in [-0.2, 0) is 0 Å². The maximum absolute atomic E-state index is 12.5. The standard InChI is InChI=1S/C8H6FNO/c1-5-2-8(11)7(9)3-6(5)4-10/h2-3,11H,1H3. The minimum atomic E-state index is -0.757. The van der Waals surface area contributed by atoms with Crippen molar-refractivity contribution in [3.8, 4) is 11.8 Å². The monoisotopic (exact) mass is 151 g/mol. The molecule has 0 saturated heterocycles. The molecule has 0 aromatic heterocycles. The molecule has 0 atom stereocenters. The smallest absolute Gasteiger partial charge is 0.166 e. The van der Waals surface area contributed by atoms with Crippen LogP contribution in [0, 0.1) is 24.1 Å². The molecule has 1 rings (SSSR count). The van der Waals surface area contributed by atoms with Gasteiger partial charge < -0.3 is 5.11 Å². The Labute approximate surface area is 63.5 Å². The molecule has 0 heterocycles. The van der Waals surface area contributed by atoms with Crippen molar-refractivity contribution >= 4 is 0 Å². The molecular weight excluding hydrogens is 145 g/mol. The molecule has 0 aliphatic rings. The summed E-state index contributed by atoms with van der Waals surface area (Å²) in [5.41, 5.74) is 0.826. The zero-order chi connectivity index (χ0) is 8.43. The van der Waals surface area contributed by atoms with E-state index in [2.05, 4.69) is 0 Å². The lowest BCUT2D eigenvalue weighted by molar-refractivity contribution is 0.432. The number of nitriles is 1. The average molecular weight is 151 g/mol. The van der Waals surface area contributed by atoms with Crippen molar-refractivity contribution < 1.29 is 9.50 Å². The van der Waals surface area contributed by atoms with E-state index >= 15 is 0 Å². The molecule has 1 aromatic rings. The highest BCUT2D eigenvalue weighted by molar-refractivity contribution is 5.42. The van der Waals surface area contributed by atoms with Gasteiger partial charge in [0.25, 0.3) is 0 Å². The van der Waals surface area contributed by atoms with Gasteiger partial charge in [-0.15, -0.1) is 0 Å². The van der Waals surface area contributed by atoms with Crippen molar-refractivity contribution in [2.24, 2.45) is 0 Å². The summed E-state index contributed by atoms with van der Waals surface area (Å²) >= 11 is 0. The number of halogens is 1. The maximum Gasteiger partial charge on any atom is 0.166 e. The summed E-state index contributed by atoms with van der Waals surface area (Å²) < 4.78 is 12.5. The second-order valence-electron chi connectivity index (χ2n) is 2.23. The fraction of sp³-hybridized carbons (Fsp3) is 0.125. The number of benzene rings is 1. The quantitative estimate of drug-likeness (QED) is 0.613. The van der Waals surface area contributed by atoms with Gasteiger partial charge in [0.15, 0.2) is 11.6 Å². The van der Waals surface area contributed by atoms with Gasteiger partial charge in [0, 0.05) is 0 Å². The van der Waals surface area contributed by atoms with Crippen LogP contribution in [-0.4, -0.2) is 5.11 Å². The van der Waals surface area contributed by atoms with E-state index in [-0.39, 0.29) is 5.56 Å². The Morgan fingerprint density at radius 1 is 1.55 bits per heavy atom. The molecule has 11 heavy (non-hydrogen) atoms. The molecule has 1 N–H and O–H groups in total. The second kappa shape index (κ2) is 2.59. The fourth-order valence-electron chi connectivity index (χ4n) is 0.787. The Morgan fingerprint density at radius 2 is 2.18 bits per heavy atom. The highest BCUT2D eigenvalue weighted by Crippen LogP contribution is 2.19.